The lowest BCUT2D eigenvalue weighted by atomic mass is 9.98. The minimum atomic E-state index is -0.194. The number of nitrogens with two attached hydrogens (primary N) is 1. The summed E-state index contributed by atoms with van der Waals surface area (Å²) in [5.74, 6) is 1.24. The van der Waals surface area contributed by atoms with Gasteiger partial charge in [-0.15, -0.1) is 0 Å². The zero-order chi connectivity index (χ0) is 15.4. The van der Waals surface area contributed by atoms with E-state index < -0.39 is 0 Å². The molecule has 0 radical (unpaired) electrons. The second-order valence-electron chi connectivity index (χ2n) is 5.02. The third kappa shape index (κ3) is 3.69. The number of ether oxygens (including phenoxy) is 2. The molecule has 1 unspecified atom stereocenters. The van der Waals surface area contributed by atoms with Crippen LogP contribution in [0.15, 0.2) is 36.4 Å². The van der Waals surface area contributed by atoms with Crippen LogP contribution in [0.2, 0.25) is 5.02 Å². The lowest BCUT2D eigenvalue weighted by Crippen LogP contribution is -2.14. The predicted octanol–water partition coefficient (Wildman–Crippen LogP) is 3.91. The van der Waals surface area contributed by atoms with Gasteiger partial charge in [0.15, 0.2) is 11.5 Å². The Balaban J connectivity index is 2.26. The van der Waals surface area contributed by atoms with E-state index >= 15 is 0 Å². The molecule has 112 valence electrons. The zero-order valence-corrected chi connectivity index (χ0v) is 13.3. The largest absolute Gasteiger partial charge is 0.493 e. The quantitative estimate of drug-likeness (QED) is 0.911. The van der Waals surface area contributed by atoms with Crippen molar-refractivity contribution in [2.45, 2.75) is 19.4 Å². The lowest BCUT2D eigenvalue weighted by Gasteiger charge is -2.17. The molecule has 2 aromatic rings. The SMILES string of the molecule is COc1cc(Cl)c(C(N)Cc2ccc(C)cc2)cc1OC. The fourth-order valence-electron chi connectivity index (χ4n) is 2.24. The van der Waals surface area contributed by atoms with Crippen molar-refractivity contribution in [1.29, 1.82) is 0 Å². The molecule has 0 heterocycles. The summed E-state index contributed by atoms with van der Waals surface area (Å²) in [6, 6.07) is 11.7. The van der Waals surface area contributed by atoms with Gasteiger partial charge >= 0.3 is 0 Å². The Hall–Kier alpha value is -1.71. The summed E-state index contributed by atoms with van der Waals surface area (Å²) in [7, 11) is 3.18. The summed E-state index contributed by atoms with van der Waals surface area (Å²) in [5, 5.41) is 0.590. The van der Waals surface area contributed by atoms with E-state index in [1.807, 2.05) is 6.07 Å². The van der Waals surface area contributed by atoms with Crippen LogP contribution in [0.5, 0.6) is 11.5 Å². The highest BCUT2D eigenvalue weighted by Gasteiger charge is 2.15. The van der Waals surface area contributed by atoms with Crippen LogP contribution in [0.3, 0.4) is 0 Å². The van der Waals surface area contributed by atoms with Gasteiger partial charge in [0.25, 0.3) is 0 Å². The molecule has 0 aliphatic carbocycles. The summed E-state index contributed by atoms with van der Waals surface area (Å²) >= 11 is 6.31. The Bertz CT molecular complexity index is 611. The maximum atomic E-state index is 6.31. The average Bonchev–Trinajstić information content (AvgIpc) is 2.49. The predicted molar refractivity (Wildman–Crippen MR) is 86.4 cm³/mol. The maximum absolute atomic E-state index is 6.31. The van der Waals surface area contributed by atoms with Crippen molar-refractivity contribution in [3.8, 4) is 11.5 Å². The highest BCUT2D eigenvalue weighted by molar-refractivity contribution is 6.31. The molecule has 1 atom stereocenters. The maximum Gasteiger partial charge on any atom is 0.162 e. The second kappa shape index (κ2) is 6.83. The third-order valence-corrected chi connectivity index (χ3v) is 3.81. The molecule has 0 saturated heterocycles. The first-order valence-corrected chi connectivity index (χ1v) is 7.15. The Labute approximate surface area is 130 Å². The molecule has 3 nitrogen and oxygen atoms in total. The summed E-state index contributed by atoms with van der Waals surface area (Å²) in [4.78, 5) is 0. The van der Waals surface area contributed by atoms with Gasteiger partial charge in [-0.25, -0.2) is 0 Å². The normalized spacial score (nSPS) is 12.0. The standard InChI is InChI=1S/C17H20ClNO2/c1-11-4-6-12(7-5-11)8-15(19)13-9-16(20-2)17(21-3)10-14(13)18/h4-7,9-10,15H,8,19H2,1-3H3. The molecule has 2 N–H and O–H groups in total. The van der Waals surface area contributed by atoms with Crippen LogP contribution < -0.4 is 15.2 Å². The Morgan fingerprint density at radius 3 is 2.19 bits per heavy atom. The first-order chi connectivity index (χ1) is 10.0. The Morgan fingerprint density at radius 1 is 1.05 bits per heavy atom. The molecule has 21 heavy (non-hydrogen) atoms. The number of rotatable bonds is 5. The molecule has 4 heteroatoms. The molecule has 0 aliphatic heterocycles. The van der Waals surface area contributed by atoms with Gasteiger partial charge in [-0.3, -0.25) is 0 Å². The monoisotopic (exact) mass is 305 g/mol. The first-order valence-electron chi connectivity index (χ1n) is 6.77. The highest BCUT2D eigenvalue weighted by Crippen LogP contribution is 2.36. The fraction of sp³-hybridized carbons (Fsp3) is 0.294. The molecule has 2 aromatic carbocycles. The van der Waals surface area contributed by atoms with Gasteiger partial charge in [-0.2, -0.15) is 0 Å². The molecule has 0 spiro atoms. The minimum absolute atomic E-state index is 0.194. The topological polar surface area (TPSA) is 44.5 Å². The molecule has 0 aliphatic rings. The van der Waals surface area contributed by atoms with Gasteiger partial charge in [0.05, 0.1) is 14.2 Å². The molecule has 0 aromatic heterocycles. The Kier molecular flexibility index (Phi) is 5.10. The van der Waals surface area contributed by atoms with Crippen LogP contribution in [-0.2, 0) is 6.42 Å². The van der Waals surface area contributed by atoms with Gasteiger partial charge < -0.3 is 15.2 Å². The summed E-state index contributed by atoms with van der Waals surface area (Å²) in [6.07, 6.45) is 0.718. The summed E-state index contributed by atoms with van der Waals surface area (Å²) in [5.41, 5.74) is 9.57. The van der Waals surface area contributed by atoms with E-state index in [1.54, 1.807) is 20.3 Å². The van der Waals surface area contributed by atoms with Crippen molar-refractivity contribution in [1.82, 2.24) is 0 Å². The number of hydrogen-bond donors (Lipinski definition) is 1. The Morgan fingerprint density at radius 2 is 1.62 bits per heavy atom. The molecular formula is C17H20ClNO2. The summed E-state index contributed by atoms with van der Waals surface area (Å²) in [6.45, 7) is 2.06. The lowest BCUT2D eigenvalue weighted by molar-refractivity contribution is 0.354. The van der Waals surface area contributed by atoms with E-state index in [4.69, 9.17) is 26.8 Å². The average molecular weight is 306 g/mol. The van der Waals surface area contributed by atoms with Crippen LogP contribution >= 0.6 is 11.6 Å². The van der Waals surface area contributed by atoms with Gasteiger partial charge in [0.1, 0.15) is 0 Å². The minimum Gasteiger partial charge on any atom is -0.493 e. The van der Waals surface area contributed by atoms with Crippen LogP contribution in [0, 0.1) is 6.92 Å². The molecule has 0 bridgehead atoms. The number of aryl methyl sites for hydroxylation is 1. The van der Waals surface area contributed by atoms with Gasteiger partial charge in [0, 0.05) is 17.1 Å². The van der Waals surface area contributed by atoms with E-state index in [9.17, 15) is 0 Å². The van der Waals surface area contributed by atoms with Gasteiger partial charge in [0.2, 0.25) is 0 Å². The van der Waals surface area contributed by atoms with Crippen molar-refractivity contribution in [2.75, 3.05) is 14.2 Å². The number of halogens is 1. The fourth-order valence-corrected chi connectivity index (χ4v) is 2.54. The van der Waals surface area contributed by atoms with E-state index in [2.05, 4.69) is 31.2 Å². The van der Waals surface area contributed by atoms with Crippen LogP contribution in [-0.4, -0.2) is 14.2 Å². The van der Waals surface area contributed by atoms with E-state index in [-0.39, 0.29) is 6.04 Å². The first kappa shape index (κ1) is 15.7. The van der Waals surface area contributed by atoms with Crippen molar-refractivity contribution in [3.05, 3.63) is 58.1 Å². The van der Waals surface area contributed by atoms with Crippen molar-refractivity contribution in [2.24, 2.45) is 5.73 Å². The second-order valence-corrected chi connectivity index (χ2v) is 5.43. The zero-order valence-electron chi connectivity index (χ0n) is 12.5. The van der Waals surface area contributed by atoms with Crippen molar-refractivity contribution >= 4 is 11.6 Å². The highest BCUT2D eigenvalue weighted by atomic mass is 35.5. The number of benzene rings is 2. The molecule has 0 saturated carbocycles. The molecular weight excluding hydrogens is 286 g/mol. The van der Waals surface area contributed by atoms with Crippen molar-refractivity contribution < 1.29 is 9.47 Å². The third-order valence-electron chi connectivity index (χ3n) is 3.48. The van der Waals surface area contributed by atoms with E-state index in [0.717, 1.165) is 12.0 Å². The van der Waals surface area contributed by atoms with Crippen molar-refractivity contribution in [3.63, 3.8) is 0 Å². The molecule has 0 fully saturated rings. The van der Waals surface area contributed by atoms with Crippen LogP contribution in [0.4, 0.5) is 0 Å². The summed E-state index contributed by atoms with van der Waals surface area (Å²) < 4.78 is 10.5. The van der Waals surface area contributed by atoms with Crippen LogP contribution in [0.1, 0.15) is 22.7 Å². The van der Waals surface area contributed by atoms with E-state index in [1.165, 1.54) is 11.1 Å². The van der Waals surface area contributed by atoms with Gasteiger partial charge in [-0.1, -0.05) is 41.4 Å². The van der Waals surface area contributed by atoms with Crippen LogP contribution in [0.25, 0.3) is 0 Å². The smallest absolute Gasteiger partial charge is 0.162 e. The number of hydrogen-bond acceptors (Lipinski definition) is 3. The number of methoxy groups -OCH3 is 2. The van der Waals surface area contributed by atoms with E-state index in [0.29, 0.717) is 16.5 Å². The van der Waals surface area contributed by atoms with Gasteiger partial charge in [-0.05, 0) is 30.5 Å². The molecule has 2 rings (SSSR count). The molecule has 0 amide bonds.